The normalized spacial score (nSPS) is 15.9. The largest absolute Gasteiger partial charge is 0.492 e. The van der Waals surface area contributed by atoms with Gasteiger partial charge in [0.25, 0.3) is 0 Å². The van der Waals surface area contributed by atoms with Gasteiger partial charge >= 0.3 is 6.03 Å². The third-order valence-corrected chi connectivity index (χ3v) is 4.26. The summed E-state index contributed by atoms with van der Waals surface area (Å²) in [5.41, 5.74) is 1.44. The Morgan fingerprint density at radius 3 is 2.26 bits per heavy atom. The van der Waals surface area contributed by atoms with Crippen molar-refractivity contribution in [1.82, 2.24) is 10.2 Å². The Labute approximate surface area is 140 Å². The fourth-order valence-electron chi connectivity index (χ4n) is 2.76. The van der Waals surface area contributed by atoms with Gasteiger partial charge in [0.1, 0.15) is 12.4 Å². The van der Waals surface area contributed by atoms with Gasteiger partial charge in [-0.3, -0.25) is 0 Å². The first-order valence-electron chi connectivity index (χ1n) is 8.73. The van der Waals surface area contributed by atoms with E-state index in [2.05, 4.69) is 38.2 Å². The molecule has 0 saturated carbocycles. The van der Waals surface area contributed by atoms with Gasteiger partial charge in [-0.15, -0.1) is 0 Å². The Kier molecular flexibility index (Phi) is 6.31. The predicted octanol–water partition coefficient (Wildman–Crippen LogP) is 3.95. The summed E-state index contributed by atoms with van der Waals surface area (Å²) < 4.78 is 5.70. The number of carbonyl (C=O) groups is 1. The fraction of sp³-hybridized carbons (Fsp3) is 0.632. The molecule has 1 saturated heterocycles. The van der Waals surface area contributed by atoms with Crippen molar-refractivity contribution in [2.45, 2.75) is 51.9 Å². The second-order valence-electron chi connectivity index (χ2n) is 7.26. The lowest BCUT2D eigenvalue weighted by Crippen LogP contribution is -2.41. The van der Waals surface area contributed by atoms with Crippen LogP contribution in [0.1, 0.15) is 52.0 Å². The molecule has 2 amide bonds. The van der Waals surface area contributed by atoms with Gasteiger partial charge in [0.05, 0.1) is 6.54 Å². The van der Waals surface area contributed by atoms with E-state index in [1.54, 1.807) is 0 Å². The van der Waals surface area contributed by atoms with Crippen LogP contribution in [0.3, 0.4) is 0 Å². The lowest BCUT2D eigenvalue weighted by atomic mass is 9.87. The molecule has 2 rings (SSSR count). The number of nitrogens with zero attached hydrogens (tertiary/aromatic N) is 1. The van der Waals surface area contributed by atoms with Crippen molar-refractivity contribution in [3.63, 3.8) is 0 Å². The predicted molar refractivity (Wildman–Crippen MR) is 94.1 cm³/mol. The monoisotopic (exact) mass is 318 g/mol. The van der Waals surface area contributed by atoms with Gasteiger partial charge in [-0.05, 0) is 36.0 Å². The number of carbonyl (C=O) groups excluding carboxylic acids is 1. The third kappa shape index (κ3) is 5.77. The van der Waals surface area contributed by atoms with E-state index in [0.717, 1.165) is 31.7 Å². The van der Waals surface area contributed by atoms with E-state index in [-0.39, 0.29) is 11.4 Å². The number of ether oxygens (including phenoxy) is 1. The first kappa shape index (κ1) is 17.6. The second-order valence-corrected chi connectivity index (χ2v) is 7.26. The molecule has 4 nitrogen and oxygen atoms in total. The minimum Gasteiger partial charge on any atom is -0.492 e. The zero-order chi connectivity index (χ0) is 16.7. The summed E-state index contributed by atoms with van der Waals surface area (Å²) >= 11 is 0. The van der Waals surface area contributed by atoms with Crippen molar-refractivity contribution in [1.29, 1.82) is 0 Å². The number of nitrogens with one attached hydrogen (secondary N) is 1. The van der Waals surface area contributed by atoms with Crippen LogP contribution in [-0.4, -0.2) is 37.2 Å². The molecule has 1 fully saturated rings. The molecule has 0 aliphatic carbocycles. The van der Waals surface area contributed by atoms with Crippen LogP contribution in [0.25, 0.3) is 0 Å². The highest BCUT2D eigenvalue weighted by molar-refractivity contribution is 5.74. The quantitative estimate of drug-likeness (QED) is 0.854. The number of hydrogen-bond donors (Lipinski definition) is 1. The van der Waals surface area contributed by atoms with E-state index in [4.69, 9.17) is 4.74 Å². The highest BCUT2D eigenvalue weighted by Crippen LogP contribution is 2.24. The Morgan fingerprint density at radius 2 is 1.70 bits per heavy atom. The summed E-state index contributed by atoms with van der Waals surface area (Å²) in [7, 11) is 0. The molecule has 23 heavy (non-hydrogen) atoms. The molecule has 128 valence electrons. The number of rotatable bonds is 4. The highest BCUT2D eigenvalue weighted by Gasteiger charge is 2.15. The summed E-state index contributed by atoms with van der Waals surface area (Å²) in [4.78, 5) is 14.0. The summed E-state index contributed by atoms with van der Waals surface area (Å²) in [6.45, 7) is 9.37. The van der Waals surface area contributed by atoms with Crippen LogP contribution < -0.4 is 10.1 Å². The fourth-order valence-corrected chi connectivity index (χ4v) is 2.76. The van der Waals surface area contributed by atoms with E-state index in [1.807, 2.05) is 17.0 Å². The number of urea groups is 1. The summed E-state index contributed by atoms with van der Waals surface area (Å²) in [5.74, 6) is 0.849. The zero-order valence-corrected chi connectivity index (χ0v) is 14.7. The lowest BCUT2D eigenvalue weighted by molar-refractivity contribution is 0.196. The Bertz CT molecular complexity index is 483. The number of benzene rings is 1. The molecule has 0 atom stereocenters. The first-order valence-corrected chi connectivity index (χ1v) is 8.73. The molecule has 1 heterocycles. The van der Waals surface area contributed by atoms with Crippen LogP contribution in [0.2, 0.25) is 0 Å². The van der Waals surface area contributed by atoms with Gasteiger partial charge in [0, 0.05) is 13.1 Å². The molecule has 1 aromatic rings. The minimum atomic E-state index is 0.0404. The molecule has 1 N–H and O–H groups in total. The van der Waals surface area contributed by atoms with Crippen LogP contribution in [-0.2, 0) is 5.41 Å². The topological polar surface area (TPSA) is 41.6 Å². The Balaban J connectivity index is 1.69. The SMILES string of the molecule is CC(C)(C)c1ccc(OCCNC(=O)N2CCCCCC2)cc1. The van der Waals surface area contributed by atoms with Crippen LogP contribution in [0.4, 0.5) is 4.79 Å². The molecule has 1 aliphatic heterocycles. The minimum absolute atomic E-state index is 0.0404. The molecule has 0 spiro atoms. The van der Waals surface area contributed by atoms with E-state index in [9.17, 15) is 4.79 Å². The van der Waals surface area contributed by atoms with E-state index in [1.165, 1.54) is 18.4 Å². The molecular formula is C19H30N2O2. The van der Waals surface area contributed by atoms with E-state index < -0.39 is 0 Å². The van der Waals surface area contributed by atoms with E-state index in [0.29, 0.717) is 13.2 Å². The molecule has 1 aromatic carbocycles. The average molecular weight is 318 g/mol. The highest BCUT2D eigenvalue weighted by atomic mass is 16.5. The van der Waals surface area contributed by atoms with Crippen molar-refractivity contribution >= 4 is 6.03 Å². The maximum Gasteiger partial charge on any atom is 0.317 e. The lowest BCUT2D eigenvalue weighted by Gasteiger charge is -2.21. The Hall–Kier alpha value is -1.71. The van der Waals surface area contributed by atoms with Crippen molar-refractivity contribution in [2.24, 2.45) is 0 Å². The number of amides is 2. The number of likely N-dealkylation sites (tertiary alicyclic amines) is 1. The van der Waals surface area contributed by atoms with Crippen molar-refractivity contribution < 1.29 is 9.53 Å². The van der Waals surface area contributed by atoms with Gasteiger partial charge in [0.2, 0.25) is 0 Å². The zero-order valence-electron chi connectivity index (χ0n) is 14.7. The molecule has 0 bridgehead atoms. The van der Waals surface area contributed by atoms with Crippen molar-refractivity contribution in [3.05, 3.63) is 29.8 Å². The third-order valence-electron chi connectivity index (χ3n) is 4.26. The van der Waals surface area contributed by atoms with Crippen LogP contribution in [0, 0.1) is 0 Å². The maximum absolute atomic E-state index is 12.1. The Morgan fingerprint density at radius 1 is 1.09 bits per heavy atom. The maximum atomic E-state index is 12.1. The number of hydrogen-bond acceptors (Lipinski definition) is 2. The summed E-state index contributed by atoms with van der Waals surface area (Å²) in [6.07, 6.45) is 4.70. The molecule has 4 heteroatoms. The second kappa shape index (κ2) is 8.23. The van der Waals surface area contributed by atoms with Crippen LogP contribution >= 0.6 is 0 Å². The van der Waals surface area contributed by atoms with Gasteiger partial charge < -0.3 is 15.0 Å². The first-order chi connectivity index (χ1) is 11.0. The van der Waals surface area contributed by atoms with Gasteiger partial charge in [-0.1, -0.05) is 45.7 Å². The van der Waals surface area contributed by atoms with Crippen LogP contribution in [0.5, 0.6) is 5.75 Å². The smallest absolute Gasteiger partial charge is 0.317 e. The standard InChI is InChI=1S/C19H30N2O2/c1-19(2,3)16-8-10-17(11-9-16)23-15-12-20-18(22)21-13-6-4-5-7-14-21/h8-11H,4-7,12-15H2,1-3H3,(H,20,22). The molecule has 0 unspecified atom stereocenters. The van der Waals surface area contributed by atoms with Gasteiger partial charge in [-0.25, -0.2) is 4.79 Å². The molecule has 0 aromatic heterocycles. The van der Waals surface area contributed by atoms with Crippen LogP contribution in [0.15, 0.2) is 24.3 Å². The van der Waals surface area contributed by atoms with Crippen molar-refractivity contribution in [3.8, 4) is 5.75 Å². The molecule has 0 radical (unpaired) electrons. The van der Waals surface area contributed by atoms with Gasteiger partial charge in [0.15, 0.2) is 0 Å². The molecule has 1 aliphatic rings. The van der Waals surface area contributed by atoms with E-state index >= 15 is 0 Å². The average Bonchev–Trinajstić information content (AvgIpc) is 2.80. The summed E-state index contributed by atoms with van der Waals surface area (Å²) in [6, 6.07) is 8.24. The summed E-state index contributed by atoms with van der Waals surface area (Å²) in [5, 5.41) is 2.95. The van der Waals surface area contributed by atoms with Crippen molar-refractivity contribution in [2.75, 3.05) is 26.2 Å². The van der Waals surface area contributed by atoms with Gasteiger partial charge in [-0.2, -0.15) is 0 Å². The molecular weight excluding hydrogens is 288 g/mol.